The lowest BCUT2D eigenvalue weighted by Gasteiger charge is -2.12. The van der Waals surface area contributed by atoms with E-state index in [0.717, 1.165) is 15.9 Å². The number of nitrogens with zero attached hydrogens (tertiary/aromatic N) is 1. The molecule has 0 amide bonds. The normalized spacial score (nSPS) is 12.3. The third kappa shape index (κ3) is 3.07. The van der Waals surface area contributed by atoms with Gasteiger partial charge in [0.2, 0.25) is 5.88 Å². The first kappa shape index (κ1) is 12.3. The summed E-state index contributed by atoms with van der Waals surface area (Å²) in [7, 11) is 3.19. The summed E-state index contributed by atoms with van der Waals surface area (Å²) in [6.07, 6.45) is 0.660. The monoisotopic (exact) mass is 274 g/mol. The van der Waals surface area contributed by atoms with Crippen molar-refractivity contribution in [2.45, 2.75) is 19.4 Å². The third-order valence-electron chi connectivity index (χ3n) is 1.91. The summed E-state index contributed by atoms with van der Waals surface area (Å²) in [5, 5.41) is 0. The van der Waals surface area contributed by atoms with Gasteiger partial charge in [-0.3, -0.25) is 0 Å². The van der Waals surface area contributed by atoms with E-state index in [1.165, 1.54) is 0 Å². The van der Waals surface area contributed by atoms with Crippen LogP contribution in [0.4, 0.5) is 0 Å². The molecule has 15 heavy (non-hydrogen) atoms. The molecule has 2 N–H and O–H groups in total. The lowest BCUT2D eigenvalue weighted by atomic mass is 10.1. The Balaban J connectivity index is 3.10. The maximum atomic E-state index is 5.73. The molecular formula is C10H15BrN2O2. The van der Waals surface area contributed by atoms with Crippen molar-refractivity contribution in [2.24, 2.45) is 5.73 Å². The zero-order valence-corrected chi connectivity index (χ0v) is 10.7. The average molecular weight is 275 g/mol. The molecule has 0 saturated heterocycles. The fourth-order valence-corrected chi connectivity index (χ4v) is 1.72. The van der Waals surface area contributed by atoms with Crippen LogP contribution in [0, 0.1) is 0 Å². The molecular weight excluding hydrogens is 260 g/mol. The van der Waals surface area contributed by atoms with Gasteiger partial charge in [0.15, 0.2) is 0 Å². The van der Waals surface area contributed by atoms with Crippen LogP contribution in [0.2, 0.25) is 0 Å². The number of ether oxygens (including phenoxy) is 2. The van der Waals surface area contributed by atoms with E-state index in [0.29, 0.717) is 12.3 Å². The van der Waals surface area contributed by atoms with Crippen molar-refractivity contribution in [3.05, 3.63) is 16.2 Å². The number of nitrogens with two attached hydrogens (primary N) is 1. The summed E-state index contributed by atoms with van der Waals surface area (Å²) < 4.78 is 11.1. The maximum Gasteiger partial charge on any atom is 0.228 e. The van der Waals surface area contributed by atoms with Crippen molar-refractivity contribution in [1.29, 1.82) is 0 Å². The minimum Gasteiger partial charge on any atom is -0.495 e. The maximum absolute atomic E-state index is 5.73. The quantitative estimate of drug-likeness (QED) is 0.909. The zero-order chi connectivity index (χ0) is 11.4. The van der Waals surface area contributed by atoms with Crippen LogP contribution >= 0.6 is 15.9 Å². The Morgan fingerprint density at radius 2 is 2.13 bits per heavy atom. The molecule has 5 heteroatoms. The number of halogens is 1. The van der Waals surface area contributed by atoms with Gasteiger partial charge in [-0.15, -0.1) is 0 Å². The van der Waals surface area contributed by atoms with E-state index in [4.69, 9.17) is 15.2 Å². The Bertz CT molecular complexity index is 342. The Kier molecular flexibility index (Phi) is 4.35. The number of hydrogen-bond donors (Lipinski definition) is 1. The van der Waals surface area contributed by atoms with Gasteiger partial charge in [0, 0.05) is 18.5 Å². The van der Waals surface area contributed by atoms with Gasteiger partial charge in [0.05, 0.1) is 24.4 Å². The molecule has 4 nitrogen and oxygen atoms in total. The minimum absolute atomic E-state index is 0.0391. The van der Waals surface area contributed by atoms with Crippen molar-refractivity contribution < 1.29 is 9.47 Å². The first-order valence-corrected chi connectivity index (χ1v) is 5.40. The Morgan fingerprint density at radius 3 is 2.60 bits per heavy atom. The van der Waals surface area contributed by atoms with E-state index in [9.17, 15) is 0 Å². The molecule has 1 atom stereocenters. The van der Waals surface area contributed by atoms with Crippen molar-refractivity contribution in [3.63, 3.8) is 0 Å². The van der Waals surface area contributed by atoms with E-state index in [1.807, 2.05) is 13.0 Å². The second-order valence-electron chi connectivity index (χ2n) is 3.31. The molecule has 1 heterocycles. The van der Waals surface area contributed by atoms with E-state index >= 15 is 0 Å². The van der Waals surface area contributed by atoms with Crippen LogP contribution in [0.3, 0.4) is 0 Å². The highest BCUT2D eigenvalue weighted by molar-refractivity contribution is 9.10. The van der Waals surface area contributed by atoms with Crippen LogP contribution in [0.25, 0.3) is 0 Å². The van der Waals surface area contributed by atoms with Crippen LogP contribution < -0.4 is 15.2 Å². The van der Waals surface area contributed by atoms with Crippen LogP contribution in [0.15, 0.2) is 10.5 Å². The van der Waals surface area contributed by atoms with Gasteiger partial charge in [0.1, 0.15) is 5.75 Å². The van der Waals surface area contributed by atoms with Gasteiger partial charge in [0.25, 0.3) is 0 Å². The highest BCUT2D eigenvalue weighted by Crippen LogP contribution is 2.29. The molecule has 1 rings (SSSR count). The highest BCUT2D eigenvalue weighted by atomic mass is 79.9. The Morgan fingerprint density at radius 1 is 1.47 bits per heavy atom. The first-order valence-electron chi connectivity index (χ1n) is 4.61. The number of methoxy groups -OCH3 is 2. The topological polar surface area (TPSA) is 57.4 Å². The van der Waals surface area contributed by atoms with Gasteiger partial charge in [-0.05, 0) is 22.9 Å². The van der Waals surface area contributed by atoms with Gasteiger partial charge >= 0.3 is 0 Å². The third-order valence-corrected chi connectivity index (χ3v) is 2.48. The van der Waals surface area contributed by atoms with E-state index in [1.54, 1.807) is 14.2 Å². The molecule has 0 aliphatic heterocycles. The molecule has 1 aromatic heterocycles. The van der Waals surface area contributed by atoms with E-state index in [-0.39, 0.29) is 6.04 Å². The van der Waals surface area contributed by atoms with Crippen LogP contribution in [0.1, 0.15) is 12.6 Å². The lowest BCUT2D eigenvalue weighted by Crippen LogP contribution is -2.19. The predicted octanol–water partition coefficient (Wildman–Crippen LogP) is 1.75. The summed E-state index contributed by atoms with van der Waals surface area (Å²) in [6, 6.07) is 1.88. The largest absolute Gasteiger partial charge is 0.495 e. The van der Waals surface area contributed by atoms with Crippen LogP contribution in [-0.4, -0.2) is 25.2 Å². The minimum atomic E-state index is 0.0391. The van der Waals surface area contributed by atoms with E-state index in [2.05, 4.69) is 20.9 Å². The molecule has 0 spiro atoms. The standard InChI is InChI=1S/C10H15BrN2O2/c1-6(12)4-8-9(14-2)5-7(11)10(13-8)15-3/h5-6H,4,12H2,1-3H3. The molecule has 0 aromatic carbocycles. The molecule has 0 fully saturated rings. The lowest BCUT2D eigenvalue weighted by molar-refractivity contribution is 0.378. The summed E-state index contributed by atoms with van der Waals surface area (Å²) in [6.45, 7) is 1.93. The Labute approximate surface area is 97.9 Å². The molecule has 0 saturated carbocycles. The SMILES string of the molecule is COc1cc(Br)c(OC)nc1CC(C)N. The molecule has 84 valence electrons. The second-order valence-corrected chi connectivity index (χ2v) is 4.16. The summed E-state index contributed by atoms with van der Waals surface area (Å²) in [4.78, 5) is 4.33. The zero-order valence-electron chi connectivity index (χ0n) is 9.08. The summed E-state index contributed by atoms with van der Waals surface area (Å²) in [5.41, 5.74) is 6.54. The van der Waals surface area contributed by atoms with E-state index < -0.39 is 0 Å². The summed E-state index contributed by atoms with van der Waals surface area (Å²) in [5.74, 6) is 1.27. The fraction of sp³-hybridized carbons (Fsp3) is 0.500. The van der Waals surface area contributed by atoms with Crippen molar-refractivity contribution in [3.8, 4) is 11.6 Å². The molecule has 1 unspecified atom stereocenters. The number of aromatic nitrogens is 1. The van der Waals surface area contributed by atoms with Crippen LogP contribution in [-0.2, 0) is 6.42 Å². The molecule has 0 bridgehead atoms. The summed E-state index contributed by atoms with van der Waals surface area (Å²) >= 11 is 3.35. The number of rotatable bonds is 4. The van der Waals surface area contributed by atoms with Gasteiger partial charge in [-0.1, -0.05) is 0 Å². The smallest absolute Gasteiger partial charge is 0.228 e. The van der Waals surface area contributed by atoms with Gasteiger partial charge < -0.3 is 15.2 Å². The average Bonchev–Trinajstić information content (AvgIpc) is 2.19. The van der Waals surface area contributed by atoms with Gasteiger partial charge in [-0.2, -0.15) is 0 Å². The molecule has 0 radical (unpaired) electrons. The van der Waals surface area contributed by atoms with Crippen LogP contribution in [0.5, 0.6) is 11.6 Å². The van der Waals surface area contributed by atoms with Crippen molar-refractivity contribution >= 4 is 15.9 Å². The Hall–Kier alpha value is -0.810. The van der Waals surface area contributed by atoms with Crippen molar-refractivity contribution in [2.75, 3.05) is 14.2 Å². The first-order chi connectivity index (χ1) is 7.08. The fourth-order valence-electron chi connectivity index (χ4n) is 1.26. The number of hydrogen-bond acceptors (Lipinski definition) is 4. The number of pyridine rings is 1. The highest BCUT2D eigenvalue weighted by Gasteiger charge is 2.12. The molecule has 1 aromatic rings. The van der Waals surface area contributed by atoms with Crippen molar-refractivity contribution in [1.82, 2.24) is 4.98 Å². The van der Waals surface area contributed by atoms with Gasteiger partial charge in [-0.25, -0.2) is 4.98 Å². The molecule has 0 aliphatic rings. The second kappa shape index (κ2) is 5.32. The molecule has 0 aliphatic carbocycles. The predicted molar refractivity (Wildman–Crippen MR) is 62.4 cm³/mol.